The van der Waals surface area contributed by atoms with E-state index in [1.165, 1.54) is 5.56 Å². The maximum atomic E-state index is 5.55. The first-order chi connectivity index (χ1) is 7.81. The van der Waals surface area contributed by atoms with Gasteiger partial charge in [0.1, 0.15) is 0 Å². The fourth-order valence-corrected chi connectivity index (χ4v) is 1.66. The number of aromatic nitrogens is 4. The molecule has 0 aliphatic rings. The molecule has 0 radical (unpaired) electrons. The first-order valence-corrected chi connectivity index (χ1v) is 5.31. The van der Waals surface area contributed by atoms with Gasteiger partial charge < -0.3 is 5.73 Å². The molecular formula is C11H15N5. The molecular weight excluding hydrogens is 202 g/mol. The lowest BCUT2D eigenvalue weighted by atomic mass is 10.0. The quantitative estimate of drug-likeness (QED) is 0.827. The molecule has 16 heavy (non-hydrogen) atoms. The Morgan fingerprint density at radius 3 is 2.75 bits per heavy atom. The molecule has 0 aliphatic carbocycles. The second kappa shape index (κ2) is 4.85. The van der Waals surface area contributed by atoms with Crippen LogP contribution >= 0.6 is 0 Å². The lowest BCUT2D eigenvalue weighted by molar-refractivity contribution is 0.509. The van der Waals surface area contributed by atoms with Crippen molar-refractivity contribution in [3.63, 3.8) is 0 Å². The summed E-state index contributed by atoms with van der Waals surface area (Å²) in [4.78, 5) is 0. The van der Waals surface area contributed by atoms with Crippen LogP contribution in [0, 0.1) is 0 Å². The number of tetrazole rings is 1. The van der Waals surface area contributed by atoms with Crippen molar-refractivity contribution < 1.29 is 0 Å². The Bertz CT molecular complexity index is 437. The third kappa shape index (κ3) is 2.25. The molecule has 1 atom stereocenters. The monoisotopic (exact) mass is 217 g/mol. The van der Waals surface area contributed by atoms with Crippen molar-refractivity contribution in [2.24, 2.45) is 5.73 Å². The van der Waals surface area contributed by atoms with E-state index in [0.717, 1.165) is 12.4 Å². The van der Waals surface area contributed by atoms with Crippen LogP contribution in [0.2, 0.25) is 0 Å². The molecule has 0 bridgehead atoms. The molecule has 5 nitrogen and oxygen atoms in total. The highest BCUT2D eigenvalue weighted by molar-refractivity contribution is 5.18. The molecule has 84 valence electrons. The maximum absolute atomic E-state index is 5.55. The predicted octanol–water partition coefficient (Wildman–Crippen LogP) is 0.935. The fraction of sp³-hybridized carbons (Fsp3) is 0.364. The van der Waals surface area contributed by atoms with E-state index in [1.54, 1.807) is 4.68 Å². The molecule has 0 saturated carbocycles. The summed E-state index contributed by atoms with van der Waals surface area (Å²) in [5, 5.41) is 11.4. The highest BCUT2D eigenvalue weighted by Crippen LogP contribution is 2.16. The summed E-state index contributed by atoms with van der Waals surface area (Å²) in [6.45, 7) is 3.27. The van der Waals surface area contributed by atoms with Gasteiger partial charge in [0, 0.05) is 5.92 Å². The summed E-state index contributed by atoms with van der Waals surface area (Å²) in [5.74, 6) is 1.10. The fourth-order valence-electron chi connectivity index (χ4n) is 1.66. The molecule has 0 aliphatic heterocycles. The number of nitrogens with zero attached hydrogens (tertiary/aromatic N) is 4. The summed E-state index contributed by atoms with van der Waals surface area (Å²) in [7, 11) is 0. The van der Waals surface area contributed by atoms with Crippen molar-refractivity contribution in [2.75, 3.05) is 0 Å². The lowest BCUT2D eigenvalue weighted by Gasteiger charge is -2.12. The third-order valence-electron chi connectivity index (χ3n) is 2.60. The standard InChI is InChI=1S/C11H15N5/c1-9(10-5-3-2-4-6-10)8-16-11(7-12)13-14-15-16/h2-6,9H,7-8,12H2,1H3. The SMILES string of the molecule is CC(Cn1nnnc1CN)c1ccccc1. The Balaban J connectivity index is 2.11. The topological polar surface area (TPSA) is 69.6 Å². The van der Waals surface area contributed by atoms with Crippen LogP contribution in [0.4, 0.5) is 0 Å². The van der Waals surface area contributed by atoms with Gasteiger partial charge in [0.25, 0.3) is 0 Å². The molecule has 1 aromatic heterocycles. The highest BCUT2D eigenvalue weighted by Gasteiger charge is 2.10. The van der Waals surface area contributed by atoms with E-state index in [0.29, 0.717) is 12.5 Å². The van der Waals surface area contributed by atoms with E-state index in [4.69, 9.17) is 5.73 Å². The molecule has 5 heteroatoms. The molecule has 1 heterocycles. The van der Waals surface area contributed by atoms with Crippen LogP contribution in [0.15, 0.2) is 30.3 Å². The Morgan fingerprint density at radius 2 is 2.06 bits per heavy atom. The number of hydrogen-bond acceptors (Lipinski definition) is 4. The van der Waals surface area contributed by atoms with E-state index in [2.05, 4.69) is 34.6 Å². The molecule has 2 rings (SSSR count). The van der Waals surface area contributed by atoms with Crippen LogP contribution in [0.1, 0.15) is 24.2 Å². The molecule has 0 saturated heterocycles. The van der Waals surface area contributed by atoms with Crippen molar-refractivity contribution in [3.05, 3.63) is 41.7 Å². The summed E-state index contributed by atoms with van der Waals surface area (Å²) in [5.41, 5.74) is 6.82. The summed E-state index contributed by atoms with van der Waals surface area (Å²) in [6, 6.07) is 10.3. The first-order valence-electron chi connectivity index (χ1n) is 5.31. The number of rotatable bonds is 4. The van der Waals surface area contributed by atoms with Crippen molar-refractivity contribution in [2.45, 2.75) is 25.9 Å². The zero-order valence-corrected chi connectivity index (χ0v) is 9.24. The van der Waals surface area contributed by atoms with E-state index in [9.17, 15) is 0 Å². The van der Waals surface area contributed by atoms with E-state index < -0.39 is 0 Å². The average Bonchev–Trinajstić information content (AvgIpc) is 2.77. The molecule has 0 amide bonds. The van der Waals surface area contributed by atoms with Gasteiger partial charge in [0.2, 0.25) is 0 Å². The molecule has 2 N–H and O–H groups in total. The van der Waals surface area contributed by atoms with Crippen molar-refractivity contribution >= 4 is 0 Å². The molecule has 0 fully saturated rings. The first kappa shape index (κ1) is 10.8. The summed E-state index contributed by atoms with van der Waals surface area (Å²) in [6.07, 6.45) is 0. The van der Waals surface area contributed by atoms with Gasteiger partial charge in [-0.1, -0.05) is 37.3 Å². The van der Waals surface area contributed by atoms with E-state index >= 15 is 0 Å². The van der Waals surface area contributed by atoms with Crippen LogP contribution < -0.4 is 5.73 Å². The molecule has 1 aromatic carbocycles. The summed E-state index contributed by atoms with van der Waals surface area (Å²) >= 11 is 0. The maximum Gasteiger partial charge on any atom is 0.164 e. The van der Waals surface area contributed by atoms with Gasteiger partial charge in [0.15, 0.2) is 5.82 Å². The third-order valence-corrected chi connectivity index (χ3v) is 2.60. The number of benzene rings is 1. The van der Waals surface area contributed by atoms with Gasteiger partial charge in [0.05, 0.1) is 13.1 Å². The average molecular weight is 217 g/mol. The van der Waals surface area contributed by atoms with Gasteiger partial charge in [-0.2, -0.15) is 0 Å². The molecule has 1 unspecified atom stereocenters. The second-order valence-corrected chi connectivity index (χ2v) is 3.79. The van der Waals surface area contributed by atoms with Crippen LogP contribution in [-0.4, -0.2) is 20.2 Å². The largest absolute Gasteiger partial charge is 0.324 e. The lowest BCUT2D eigenvalue weighted by Crippen LogP contribution is -2.13. The van der Waals surface area contributed by atoms with Crippen LogP contribution in [0.25, 0.3) is 0 Å². The van der Waals surface area contributed by atoms with E-state index in [1.807, 2.05) is 18.2 Å². The minimum Gasteiger partial charge on any atom is -0.324 e. The van der Waals surface area contributed by atoms with Crippen molar-refractivity contribution in [3.8, 4) is 0 Å². The number of hydrogen-bond donors (Lipinski definition) is 1. The zero-order valence-electron chi connectivity index (χ0n) is 9.24. The van der Waals surface area contributed by atoms with Gasteiger partial charge in [-0.25, -0.2) is 4.68 Å². The summed E-state index contributed by atoms with van der Waals surface area (Å²) < 4.78 is 1.76. The van der Waals surface area contributed by atoms with Gasteiger partial charge in [-0.3, -0.25) is 0 Å². The minimum absolute atomic E-state index is 0.370. The predicted molar refractivity (Wildman–Crippen MR) is 60.6 cm³/mol. The Kier molecular flexibility index (Phi) is 3.26. The van der Waals surface area contributed by atoms with Gasteiger partial charge in [-0.05, 0) is 16.0 Å². The van der Waals surface area contributed by atoms with Crippen LogP contribution in [0.3, 0.4) is 0 Å². The van der Waals surface area contributed by atoms with Gasteiger partial charge in [-0.15, -0.1) is 5.10 Å². The highest BCUT2D eigenvalue weighted by atomic mass is 15.5. The molecule has 2 aromatic rings. The zero-order chi connectivity index (χ0) is 11.4. The Morgan fingerprint density at radius 1 is 1.31 bits per heavy atom. The van der Waals surface area contributed by atoms with Crippen molar-refractivity contribution in [1.29, 1.82) is 0 Å². The van der Waals surface area contributed by atoms with Gasteiger partial charge >= 0.3 is 0 Å². The normalized spacial score (nSPS) is 12.6. The van der Waals surface area contributed by atoms with Crippen LogP contribution in [-0.2, 0) is 13.1 Å². The van der Waals surface area contributed by atoms with Crippen molar-refractivity contribution in [1.82, 2.24) is 20.2 Å². The van der Waals surface area contributed by atoms with E-state index in [-0.39, 0.29) is 0 Å². The minimum atomic E-state index is 0.370. The number of nitrogens with two attached hydrogens (primary N) is 1. The smallest absolute Gasteiger partial charge is 0.164 e. The Labute approximate surface area is 94.3 Å². The molecule has 0 spiro atoms. The van der Waals surface area contributed by atoms with Crippen LogP contribution in [0.5, 0.6) is 0 Å². The Hall–Kier alpha value is -1.75. The second-order valence-electron chi connectivity index (χ2n) is 3.79.